The molecule has 2 aromatic heterocycles. The first-order valence-electron chi connectivity index (χ1n) is 5.93. The van der Waals surface area contributed by atoms with E-state index in [0.717, 1.165) is 31.9 Å². The molecule has 6 heteroatoms. The molecule has 0 amide bonds. The summed E-state index contributed by atoms with van der Waals surface area (Å²) >= 11 is 5.17. The molecule has 3 rings (SSSR count). The van der Waals surface area contributed by atoms with Gasteiger partial charge in [-0.25, -0.2) is 0 Å². The summed E-state index contributed by atoms with van der Waals surface area (Å²) in [6.07, 6.45) is 0. The fourth-order valence-corrected chi connectivity index (χ4v) is 3.69. The highest BCUT2D eigenvalue weighted by Gasteiger charge is 2.20. The van der Waals surface area contributed by atoms with Crippen molar-refractivity contribution in [1.82, 2.24) is 10.2 Å². The Kier molecular flexibility index (Phi) is 3.50. The predicted molar refractivity (Wildman–Crippen MR) is 86.0 cm³/mol. The van der Waals surface area contributed by atoms with Crippen LogP contribution in [0.15, 0.2) is 40.2 Å². The maximum atomic E-state index is 6.04. The van der Waals surface area contributed by atoms with E-state index in [4.69, 9.17) is 10.5 Å². The van der Waals surface area contributed by atoms with E-state index in [-0.39, 0.29) is 0 Å². The molecule has 0 saturated heterocycles. The lowest BCUT2D eigenvalue weighted by Gasteiger charge is -2.09. The molecule has 102 valence electrons. The summed E-state index contributed by atoms with van der Waals surface area (Å²) in [5.74, 6) is 1.24. The molecule has 0 atom stereocenters. The molecule has 4 nitrogen and oxygen atoms in total. The molecule has 3 N–H and O–H groups in total. The molecule has 1 aromatic carbocycles. The smallest absolute Gasteiger partial charge is 0.153 e. The first kappa shape index (κ1) is 13.2. The van der Waals surface area contributed by atoms with Gasteiger partial charge in [-0.1, -0.05) is 18.2 Å². The van der Waals surface area contributed by atoms with Crippen LogP contribution < -0.4 is 10.5 Å². The molecule has 2 heterocycles. The molecule has 0 fully saturated rings. The number of hydrogen-bond acceptors (Lipinski definition) is 4. The summed E-state index contributed by atoms with van der Waals surface area (Å²) in [7, 11) is 1.65. The Morgan fingerprint density at radius 3 is 2.80 bits per heavy atom. The van der Waals surface area contributed by atoms with Crippen LogP contribution in [0.25, 0.3) is 21.7 Å². The standard InChI is InChI=1S/C14H12BrN3OS/c1-19-10-5-3-2-4-8(10)11-12(17-18-14(11)16)13-9(15)6-7-20-13/h2-7H,1H3,(H3,16,17,18). The molecule has 0 aliphatic rings. The molecule has 0 bridgehead atoms. The fourth-order valence-electron chi connectivity index (χ4n) is 2.12. The van der Waals surface area contributed by atoms with Crippen molar-refractivity contribution in [3.63, 3.8) is 0 Å². The van der Waals surface area contributed by atoms with Gasteiger partial charge in [-0.05, 0) is 33.4 Å². The second-order valence-electron chi connectivity index (χ2n) is 4.16. The van der Waals surface area contributed by atoms with Crippen molar-refractivity contribution < 1.29 is 4.74 Å². The van der Waals surface area contributed by atoms with Crippen LogP contribution >= 0.6 is 27.3 Å². The minimum Gasteiger partial charge on any atom is -0.496 e. The van der Waals surface area contributed by atoms with E-state index in [1.165, 1.54) is 0 Å². The number of H-pyrrole nitrogens is 1. The van der Waals surface area contributed by atoms with Crippen LogP contribution in [-0.2, 0) is 0 Å². The van der Waals surface area contributed by atoms with Gasteiger partial charge < -0.3 is 10.5 Å². The Labute approximate surface area is 128 Å². The van der Waals surface area contributed by atoms with Crippen LogP contribution in [0.2, 0.25) is 0 Å². The summed E-state index contributed by atoms with van der Waals surface area (Å²) in [4.78, 5) is 1.06. The zero-order chi connectivity index (χ0) is 14.1. The van der Waals surface area contributed by atoms with Crippen molar-refractivity contribution in [3.05, 3.63) is 40.2 Å². The molecule has 0 spiro atoms. The zero-order valence-electron chi connectivity index (χ0n) is 10.7. The Hall–Kier alpha value is -1.79. The highest BCUT2D eigenvalue weighted by Crippen LogP contribution is 2.43. The molecule has 0 aliphatic carbocycles. The number of rotatable bonds is 3. The summed E-state index contributed by atoms with van der Waals surface area (Å²) in [5, 5.41) is 9.18. The van der Waals surface area contributed by atoms with Crippen LogP contribution in [0.1, 0.15) is 0 Å². The number of thiophene rings is 1. The number of para-hydroxylation sites is 1. The number of methoxy groups -OCH3 is 1. The van der Waals surface area contributed by atoms with E-state index in [0.29, 0.717) is 5.82 Å². The second-order valence-corrected chi connectivity index (χ2v) is 5.93. The van der Waals surface area contributed by atoms with E-state index < -0.39 is 0 Å². The monoisotopic (exact) mass is 349 g/mol. The van der Waals surface area contributed by atoms with E-state index in [1.807, 2.05) is 35.7 Å². The second kappa shape index (κ2) is 5.30. The number of aromatic nitrogens is 2. The number of aromatic amines is 1. The van der Waals surface area contributed by atoms with Crippen molar-refractivity contribution in [2.75, 3.05) is 12.8 Å². The number of nitrogens with two attached hydrogens (primary N) is 1. The lowest BCUT2D eigenvalue weighted by Crippen LogP contribution is -1.92. The van der Waals surface area contributed by atoms with Crippen LogP contribution in [0.5, 0.6) is 5.75 Å². The van der Waals surface area contributed by atoms with Crippen LogP contribution in [-0.4, -0.2) is 17.3 Å². The molecule has 20 heavy (non-hydrogen) atoms. The Morgan fingerprint density at radius 1 is 1.30 bits per heavy atom. The largest absolute Gasteiger partial charge is 0.496 e. The van der Waals surface area contributed by atoms with Gasteiger partial charge in [0.05, 0.1) is 23.2 Å². The normalized spacial score (nSPS) is 10.7. The SMILES string of the molecule is COc1ccccc1-c1c(N)n[nH]c1-c1sccc1Br. The third-order valence-corrected chi connectivity index (χ3v) is 4.87. The number of nitrogens with one attached hydrogen (secondary N) is 1. The molecule has 0 saturated carbocycles. The van der Waals surface area contributed by atoms with Crippen LogP contribution in [0, 0.1) is 0 Å². The zero-order valence-corrected chi connectivity index (χ0v) is 13.1. The Morgan fingerprint density at radius 2 is 2.10 bits per heavy atom. The van der Waals surface area contributed by atoms with Gasteiger partial charge in [0.2, 0.25) is 0 Å². The lowest BCUT2D eigenvalue weighted by molar-refractivity contribution is 0.416. The fraction of sp³-hybridized carbons (Fsp3) is 0.0714. The molecule has 0 radical (unpaired) electrons. The summed E-state index contributed by atoms with van der Waals surface area (Å²) < 4.78 is 6.44. The summed E-state index contributed by atoms with van der Waals surface area (Å²) in [6.45, 7) is 0. The van der Waals surface area contributed by atoms with Gasteiger partial charge in [-0.3, -0.25) is 5.10 Å². The number of benzene rings is 1. The van der Waals surface area contributed by atoms with Gasteiger partial charge in [0.25, 0.3) is 0 Å². The lowest BCUT2D eigenvalue weighted by atomic mass is 10.0. The number of hydrogen-bond donors (Lipinski definition) is 2. The van der Waals surface area contributed by atoms with Gasteiger partial charge >= 0.3 is 0 Å². The van der Waals surface area contributed by atoms with Crippen LogP contribution in [0.4, 0.5) is 5.82 Å². The maximum absolute atomic E-state index is 6.04. The molecular weight excluding hydrogens is 338 g/mol. The van der Waals surface area contributed by atoms with Gasteiger partial charge in [-0.2, -0.15) is 5.10 Å². The predicted octanol–water partition coefficient (Wildman–Crippen LogP) is 4.16. The van der Waals surface area contributed by atoms with Crippen molar-refractivity contribution in [2.45, 2.75) is 0 Å². The minimum absolute atomic E-state index is 0.463. The Balaban J connectivity index is 2.25. The molecule has 0 aliphatic heterocycles. The van der Waals surface area contributed by atoms with E-state index in [2.05, 4.69) is 26.1 Å². The van der Waals surface area contributed by atoms with Crippen molar-refractivity contribution in [1.29, 1.82) is 0 Å². The Bertz CT molecular complexity index is 750. The third-order valence-electron chi connectivity index (χ3n) is 3.01. The number of anilines is 1. The average molecular weight is 350 g/mol. The van der Waals surface area contributed by atoms with Crippen molar-refractivity contribution in [2.24, 2.45) is 0 Å². The van der Waals surface area contributed by atoms with Gasteiger partial charge in [-0.15, -0.1) is 11.3 Å². The molecule has 3 aromatic rings. The van der Waals surface area contributed by atoms with Crippen molar-refractivity contribution in [3.8, 4) is 27.4 Å². The number of halogens is 1. The third kappa shape index (κ3) is 2.10. The number of nitrogens with zero attached hydrogens (tertiary/aromatic N) is 1. The number of nitrogen functional groups attached to an aromatic ring is 1. The quantitative estimate of drug-likeness (QED) is 0.746. The topological polar surface area (TPSA) is 63.9 Å². The minimum atomic E-state index is 0.463. The summed E-state index contributed by atoms with van der Waals surface area (Å²) in [5.41, 5.74) is 8.74. The van der Waals surface area contributed by atoms with E-state index in [1.54, 1.807) is 18.4 Å². The highest BCUT2D eigenvalue weighted by atomic mass is 79.9. The molecule has 0 unspecified atom stereocenters. The van der Waals surface area contributed by atoms with Crippen molar-refractivity contribution >= 4 is 33.1 Å². The van der Waals surface area contributed by atoms with Gasteiger partial charge in [0.1, 0.15) is 5.75 Å². The molecular formula is C14H12BrN3OS. The first-order chi connectivity index (χ1) is 9.72. The average Bonchev–Trinajstić information content (AvgIpc) is 3.04. The maximum Gasteiger partial charge on any atom is 0.153 e. The number of ether oxygens (including phenoxy) is 1. The van der Waals surface area contributed by atoms with E-state index in [9.17, 15) is 0 Å². The van der Waals surface area contributed by atoms with Gasteiger partial charge in [0.15, 0.2) is 5.82 Å². The van der Waals surface area contributed by atoms with Gasteiger partial charge in [0, 0.05) is 10.0 Å². The highest BCUT2D eigenvalue weighted by molar-refractivity contribution is 9.10. The van der Waals surface area contributed by atoms with E-state index >= 15 is 0 Å². The summed E-state index contributed by atoms with van der Waals surface area (Å²) in [6, 6.07) is 9.78. The van der Waals surface area contributed by atoms with Crippen LogP contribution in [0.3, 0.4) is 0 Å². The first-order valence-corrected chi connectivity index (χ1v) is 7.60.